The summed E-state index contributed by atoms with van der Waals surface area (Å²) >= 11 is 0. The quantitative estimate of drug-likeness (QED) is 0.700. The number of likely N-dealkylation sites (N-methyl/N-ethyl adjacent to an activating group) is 1. The van der Waals surface area contributed by atoms with Crippen LogP contribution in [0.15, 0.2) is 12.1 Å². The second-order valence-electron chi connectivity index (χ2n) is 4.30. The van der Waals surface area contributed by atoms with Crippen molar-refractivity contribution in [3.05, 3.63) is 17.9 Å². The lowest BCUT2D eigenvalue weighted by molar-refractivity contribution is 0.163. The number of methoxy groups -OCH3 is 2. The van der Waals surface area contributed by atoms with Crippen molar-refractivity contribution in [1.82, 2.24) is 4.90 Å². The molecule has 5 nitrogen and oxygen atoms in total. The molecular weight excluding hydrogens is 249 g/mol. The van der Waals surface area contributed by atoms with Crippen molar-refractivity contribution in [2.24, 2.45) is 0 Å². The highest BCUT2D eigenvalue weighted by molar-refractivity contribution is 5.68. The van der Waals surface area contributed by atoms with Gasteiger partial charge in [0, 0.05) is 38.9 Å². The fourth-order valence-electron chi connectivity index (χ4n) is 1.62. The molecule has 1 rings (SSSR count). The van der Waals surface area contributed by atoms with Gasteiger partial charge in [0.1, 0.15) is 0 Å². The second-order valence-corrected chi connectivity index (χ2v) is 4.30. The largest absolute Gasteiger partial charge is 0.494 e. The molecule has 0 aliphatic rings. The number of nitrogens with zero attached hydrogens (tertiary/aromatic N) is 1. The van der Waals surface area contributed by atoms with Gasteiger partial charge >= 0.3 is 0 Å². The van der Waals surface area contributed by atoms with Gasteiger partial charge in [-0.25, -0.2) is 4.39 Å². The maximum Gasteiger partial charge on any atom is 0.167 e. The second kappa shape index (κ2) is 7.81. The zero-order chi connectivity index (χ0) is 14.3. The van der Waals surface area contributed by atoms with Gasteiger partial charge in [-0.2, -0.15) is 0 Å². The number of nitrogen functional groups attached to an aromatic ring is 1. The fourth-order valence-corrected chi connectivity index (χ4v) is 1.62. The summed E-state index contributed by atoms with van der Waals surface area (Å²) in [5.74, 6) is -0.271. The van der Waals surface area contributed by atoms with E-state index in [1.54, 1.807) is 13.2 Å². The van der Waals surface area contributed by atoms with E-state index < -0.39 is 5.82 Å². The van der Waals surface area contributed by atoms with Gasteiger partial charge in [0.15, 0.2) is 11.6 Å². The number of benzene rings is 1. The Morgan fingerprint density at radius 2 is 2.05 bits per heavy atom. The van der Waals surface area contributed by atoms with E-state index in [4.69, 9.17) is 15.2 Å². The van der Waals surface area contributed by atoms with Crippen molar-refractivity contribution in [1.29, 1.82) is 0 Å². The molecular formula is C13H22FN3O2. The van der Waals surface area contributed by atoms with Crippen LogP contribution in [-0.4, -0.2) is 52.4 Å². The number of nitrogens with one attached hydrogen (secondary N) is 1. The SMILES string of the molecule is COCCN(C)CCNc1cc(OC)c(F)cc1N. The summed E-state index contributed by atoms with van der Waals surface area (Å²) in [6.07, 6.45) is 0. The average molecular weight is 271 g/mol. The molecule has 1 aromatic rings. The lowest BCUT2D eigenvalue weighted by Gasteiger charge is -2.17. The lowest BCUT2D eigenvalue weighted by atomic mass is 10.2. The first kappa shape index (κ1) is 15.5. The number of anilines is 2. The number of hydrogen-bond donors (Lipinski definition) is 2. The Morgan fingerprint density at radius 1 is 1.32 bits per heavy atom. The third kappa shape index (κ3) is 4.92. The van der Waals surface area contributed by atoms with Crippen LogP contribution in [0.5, 0.6) is 5.75 Å². The minimum Gasteiger partial charge on any atom is -0.494 e. The Bertz CT molecular complexity index is 402. The molecule has 0 aromatic heterocycles. The van der Waals surface area contributed by atoms with Crippen LogP contribution in [0.1, 0.15) is 0 Å². The Balaban J connectivity index is 2.49. The van der Waals surface area contributed by atoms with Gasteiger partial charge in [0.05, 0.1) is 25.1 Å². The minimum absolute atomic E-state index is 0.185. The van der Waals surface area contributed by atoms with Crippen molar-refractivity contribution < 1.29 is 13.9 Å². The molecule has 3 N–H and O–H groups in total. The molecule has 0 fully saturated rings. The third-order valence-electron chi connectivity index (χ3n) is 2.81. The maximum absolute atomic E-state index is 13.4. The molecule has 1 aromatic carbocycles. The summed E-state index contributed by atoms with van der Waals surface area (Å²) in [4.78, 5) is 2.13. The van der Waals surface area contributed by atoms with Gasteiger partial charge in [-0.3, -0.25) is 0 Å². The number of halogens is 1. The third-order valence-corrected chi connectivity index (χ3v) is 2.81. The normalized spacial score (nSPS) is 10.8. The number of nitrogens with two attached hydrogens (primary N) is 1. The molecule has 0 bridgehead atoms. The van der Waals surface area contributed by atoms with Gasteiger partial charge in [0.2, 0.25) is 0 Å². The van der Waals surface area contributed by atoms with Crippen LogP contribution in [0.4, 0.5) is 15.8 Å². The standard InChI is InChI=1S/C13H22FN3O2/c1-17(6-7-18-2)5-4-16-12-9-13(19-3)10(14)8-11(12)15/h8-9,16H,4-7,15H2,1-3H3. The van der Waals surface area contributed by atoms with Gasteiger partial charge in [-0.1, -0.05) is 0 Å². The molecule has 0 saturated carbocycles. The molecule has 0 heterocycles. The number of rotatable bonds is 8. The summed E-state index contributed by atoms with van der Waals surface area (Å²) in [5, 5.41) is 3.17. The topological polar surface area (TPSA) is 59.8 Å². The maximum atomic E-state index is 13.4. The first-order valence-electron chi connectivity index (χ1n) is 6.12. The van der Waals surface area contributed by atoms with Crippen LogP contribution in [0.3, 0.4) is 0 Å². The summed E-state index contributed by atoms with van der Waals surface area (Å²) in [6, 6.07) is 2.83. The van der Waals surface area contributed by atoms with Crippen LogP contribution in [0.2, 0.25) is 0 Å². The van der Waals surface area contributed by atoms with E-state index in [0.29, 0.717) is 24.5 Å². The van der Waals surface area contributed by atoms with E-state index in [0.717, 1.165) is 13.1 Å². The number of ether oxygens (including phenoxy) is 2. The highest BCUT2D eigenvalue weighted by Gasteiger charge is 2.08. The Kier molecular flexibility index (Phi) is 6.38. The predicted molar refractivity (Wildman–Crippen MR) is 75.2 cm³/mol. The molecule has 0 saturated heterocycles. The summed E-state index contributed by atoms with van der Waals surface area (Å²) in [7, 11) is 5.11. The first-order valence-corrected chi connectivity index (χ1v) is 6.12. The van der Waals surface area contributed by atoms with Crippen LogP contribution in [0, 0.1) is 5.82 Å². The smallest absolute Gasteiger partial charge is 0.167 e. The zero-order valence-electron chi connectivity index (χ0n) is 11.7. The monoisotopic (exact) mass is 271 g/mol. The van der Waals surface area contributed by atoms with E-state index >= 15 is 0 Å². The molecule has 0 unspecified atom stereocenters. The first-order chi connectivity index (χ1) is 9.08. The molecule has 19 heavy (non-hydrogen) atoms. The lowest BCUT2D eigenvalue weighted by Crippen LogP contribution is -2.28. The van der Waals surface area contributed by atoms with Crippen LogP contribution in [-0.2, 0) is 4.74 Å². The Hall–Kier alpha value is -1.53. The van der Waals surface area contributed by atoms with Crippen LogP contribution < -0.4 is 15.8 Å². The minimum atomic E-state index is -0.456. The average Bonchev–Trinajstić information content (AvgIpc) is 2.38. The summed E-state index contributed by atoms with van der Waals surface area (Å²) in [5.41, 5.74) is 6.80. The summed E-state index contributed by atoms with van der Waals surface area (Å²) < 4.78 is 23.3. The molecule has 0 atom stereocenters. The zero-order valence-corrected chi connectivity index (χ0v) is 11.7. The highest BCUT2D eigenvalue weighted by atomic mass is 19.1. The predicted octanol–water partition coefficient (Wildman–Crippen LogP) is 1.41. The van der Waals surface area contributed by atoms with Crippen LogP contribution >= 0.6 is 0 Å². The molecule has 0 aliphatic heterocycles. The fraction of sp³-hybridized carbons (Fsp3) is 0.538. The molecule has 0 aliphatic carbocycles. The molecule has 6 heteroatoms. The van der Waals surface area contributed by atoms with Crippen molar-refractivity contribution in [2.75, 3.05) is 58.6 Å². The van der Waals surface area contributed by atoms with Gasteiger partial charge in [0.25, 0.3) is 0 Å². The molecule has 0 spiro atoms. The summed E-state index contributed by atoms with van der Waals surface area (Å²) in [6.45, 7) is 3.10. The highest BCUT2D eigenvalue weighted by Crippen LogP contribution is 2.27. The van der Waals surface area contributed by atoms with Gasteiger partial charge in [-0.05, 0) is 7.05 Å². The van der Waals surface area contributed by atoms with E-state index in [-0.39, 0.29) is 5.75 Å². The van der Waals surface area contributed by atoms with Crippen LogP contribution in [0.25, 0.3) is 0 Å². The van der Waals surface area contributed by atoms with E-state index in [1.807, 2.05) is 7.05 Å². The molecule has 0 amide bonds. The van der Waals surface area contributed by atoms with Crippen molar-refractivity contribution in [3.63, 3.8) is 0 Å². The van der Waals surface area contributed by atoms with Crippen molar-refractivity contribution in [3.8, 4) is 5.75 Å². The van der Waals surface area contributed by atoms with E-state index in [9.17, 15) is 4.39 Å². The molecule has 108 valence electrons. The van der Waals surface area contributed by atoms with Gasteiger partial charge in [-0.15, -0.1) is 0 Å². The number of hydrogen-bond acceptors (Lipinski definition) is 5. The Labute approximate surface area is 113 Å². The van der Waals surface area contributed by atoms with Gasteiger partial charge < -0.3 is 25.4 Å². The Morgan fingerprint density at radius 3 is 2.68 bits per heavy atom. The van der Waals surface area contributed by atoms with E-state index in [1.165, 1.54) is 13.2 Å². The molecule has 0 radical (unpaired) electrons. The van der Waals surface area contributed by atoms with E-state index in [2.05, 4.69) is 10.2 Å². The van der Waals surface area contributed by atoms with Crippen molar-refractivity contribution in [2.45, 2.75) is 0 Å². The van der Waals surface area contributed by atoms with Crippen molar-refractivity contribution >= 4 is 11.4 Å².